The minimum atomic E-state index is 1.11. The molecule has 0 aliphatic carbocycles. The molecule has 2 aromatic heterocycles. The van der Waals surface area contributed by atoms with Crippen LogP contribution in [0.15, 0.2) is 206 Å². The molecule has 0 radical (unpaired) electrons. The summed E-state index contributed by atoms with van der Waals surface area (Å²) in [5, 5.41) is 7.59. The number of rotatable bonds is 6. The molecular weight excluding hydrogens is 685 g/mol. The molecular formula is C52H34N2S. The number of hydrogen-bond donors (Lipinski definition) is 0. The quantitative estimate of drug-likeness (QED) is 0.166. The first kappa shape index (κ1) is 31.6. The molecule has 0 N–H and O–H groups in total. The van der Waals surface area contributed by atoms with Crippen molar-refractivity contribution in [2.45, 2.75) is 0 Å². The zero-order chi connectivity index (χ0) is 36.3. The highest BCUT2D eigenvalue weighted by molar-refractivity contribution is 7.26. The average molecular weight is 719 g/mol. The van der Waals surface area contributed by atoms with Gasteiger partial charge in [0.1, 0.15) is 0 Å². The Kier molecular flexibility index (Phi) is 7.39. The van der Waals surface area contributed by atoms with Crippen LogP contribution in [0.5, 0.6) is 0 Å². The van der Waals surface area contributed by atoms with Crippen molar-refractivity contribution in [1.82, 2.24) is 4.57 Å². The summed E-state index contributed by atoms with van der Waals surface area (Å²) in [4.78, 5) is 2.43. The van der Waals surface area contributed by atoms with Crippen LogP contribution in [0.1, 0.15) is 0 Å². The molecule has 0 aliphatic rings. The van der Waals surface area contributed by atoms with Crippen LogP contribution in [-0.4, -0.2) is 4.57 Å². The average Bonchev–Trinajstić information content (AvgIpc) is 3.81. The molecule has 0 spiro atoms. The smallest absolute Gasteiger partial charge is 0.0619 e. The summed E-state index contributed by atoms with van der Waals surface area (Å²) in [6, 6.07) is 75.2. The Morgan fingerprint density at radius 2 is 1.02 bits per heavy atom. The van der Waals surface area contributed by atoms with E-state index in [-0.39, 0.29) is 0 Å². The predicted octanol–water partition coefficient (Wildman–Crippen LogP) is 15.1. The standard InChI is InChI=1S/C52H34N2S/c1-2-14-40(15-3-1)54-47-20-8-6-16-44(47)45-19-10-18-43(52(45)54)37-28-32-42(33-29-37)53(48-21-11-23-50-51(48)46-17-7-9-22-49(46)55-50)41-30-26-36(27-31-41)39-25-24-35-12-4-5-13-38(35)34-39/h1-34H. The van der Waals surface area contributed by atoms with Gasteiger partial charge in [0.25, 0.3) is 0 Å². The third-order valence-corrected chi connectivity index (χ3v) is 12.1. The van der Waals surface area contributed by atoms with Gasteiger partial charge in [0.15, 0.2) is 0 Å². The SMILES string of the molecule is c1ccc(-n2c3ccccc3c3cccc(-c4ccc(N(c5ccc(-c6ccc7ccccc7c6)cc5)c5cccc6sc7ccccc7c56)cc4)c32)cc1. The van der Waals surface area contributed by atoms with Crippen LogP contribution < -0.4 is 4.90 Å². The Balaban J connectivity index is 1.07. The summed E-state index contributed by atoms with van der Waals surface area (Å²) < 4.78 is 5.00. The second-order valence-electron chi connectivity index (χ2n) is 14.1. The number of aromatic nitrogens is 1. The highest BCUT2D eigenvalue weighted by Gasteiger charge is 2.20. The number of anilines is 3. The van der Waals surface area contributed by atoms with Crippen LogP contribution in [0, 0.1) is 0 Å². The molecule has 0 aliphatic heterocycles. The highest BCUT2D eigenvalue weighted by Crippen LogP contribution is 2.46. The van der Waals surface area contributed by atoms with E-state index >= 15 is 0 Å². The maximum atomic E-state index is 2.43. The fraction of sp³-hybridized carbons (Fsp3) is 0. The first-order valence-electron chi connectivity index (χ1n) is 18.8. The van der Waals surface area contributed by atoms with Gasteiger partial charge in [-0.1, -0.05) is 140 Å². The van der Waals surface area contributed by atoms with Gasteiger partial charge in [0, 0.05) is 53.6 Å². The maximum absolute atomic E-state index is 2.43. The van der Waals surface area contributed by atoms with Crippen LogP contribution in [0.3, 0.4) is 0 Å². The number of nitrogens with zero attached hydrogens (tertiary/aromatic N) is 2. The van der Waals surface area contributed by atoms with Crippen molar-refractivity contribution in [1.29, 1.82) is 0 Å². The van der Waals surface area contributed by atoms with Crippen molar-refractivity contribution in [3.63, 3.8) is 0 Å². The lowest BCUT2D eigenvalue weighted by molar-refractivity contribution is 1.18. The second-order valence-corrected chi connectivity index (χ2v) is 15.2. The van der Waals surface area contributed by atoms with Crippen LogP contribution in [0.2, 0.25) is 0 Å². The largest absolute Gasteiger partial charge is 0.310 e. The molecule has 2 nitrogen and oxygen atoms in total. The van der Waals surface area contributed by atoms with E-state index < -0.39 is 0 Å². The highest BCUT2D eigenvalue weighted by atomic mass is 32.1. The predicted molar refractivity (Wildman–Crippen MR) is 237 cm³/mol. The zero-order valence-electron chi connectivity index (χ0n) is 29.9. The summed E-state index contributed by atoms with van der Waals surface area (Å²) in [7, 11) is 0. The van der Waals surface area contributed by atoms with Gasteiger partial charge in [-0.2, -0.15) is 0 Å². The van der Waals surface area contributed by atoms with Gasteiger partial charge < -0.3 is 9.47 Å². The minimum Gasteiger partial charge on any atom is -0.310 e. The van der Waals surface area contributed by atoms with Gasteiger partial charge in [-0.05, 0) is 94.2 Å². The van der Waals surface area contributed by atoms with Crippen LogP contribution in [-0.2, 0) is 0 Å². The molecule has 3 heteroatoms. The van der Waals surface area contributed by atoms with Gasteiger partial charge in [0.2, 0.25) is 0 Å². The number of thiophene rings is 1. The molecule has 11 aromatic rings. The van der Waals surface area contributed by atoms with Crippen LogP contribution in [0.25, 0.3) is 80.7 Å². The molecule has 0 saturated heterocycles. The molecule has 0 fully saturated rings. The topological polar surface area (TPSA) is 8.17 Å². The van der Waals surface area contributed by atoms with Crippen LogP contribution in [0.4, 0.5) is 17.1 Å². The monoisotopic (exact) mass is 718 g/mol. The minimum absolute atomic E-state index is 1.11. The fourth-order valence-corrected chi connectivity index (χ4v) is 9.55. The lowest BCUT2D eigenvalue weighted by Gasteiger charge is -2.27. The molecule has 0 bridgehead atoms. The molecule has 258 valence electrons. The summed E-state index contributed by atoms with van der Waals surface area (Å²) >= 11 is 1.86. The summed E-state index contributed by atoms with van der Waals surface area (Å²) in [5.41, 5.74) is 11.8. The Labute approximate surface area is 323 Å². The zero-order valence-corrected chi connectivity index (χ0v) is 30.7. The number of benzene rings is 9. The first-order chi connectivity index (χ1) is 27.3. The molecule has 9 aromatic carbocycles. The van der Waals surface area contributed by atoms with Crippen molar-refractivity contribution >= 4 is 81.1 Å². The van der Waals surface area contributed by atoms with E-state index in [4.69, 9.17) is 0 Å². The van der Waals surface area contributed by atoms with E-state index in [1.54, 1.807) is 0 Å². The third kappa shape index (κ3) is 5.24. The molecule has 55 heavy (non-hydrogen) atoms. The van der Waals surface area contributed by atoms with Gasteiger partial charge in [-0.25, -0.2) is 0 Å². The molecule has 0 saturated carbocycles. The van der Waals surface area contributed by atoms with E-state index in [1.165, 1.54) is 80.7 Å². The lowest BCUT2D eigenvalue weighted by atomic mass is 10.00. The fourth-order valence-electron chi connectivity index (χ4n) is 8.43. The molecule has 0 amide bonds. The molecule has 11 rings (SSSR count). The number of fused-ring (bicyclic) bond motifs is 7. The second kappa shape index (κ2) is 12.9. The Hall–Kier alpha value is -6.94. The summed E-state index contributed by atoms with van der Waals surface area (Å²) in [5.74, 6) is 0. The number of para-hydroxylation sites is 3. The van der Waals surface area contributed by atoms with Gasteiger partial charge >= 0.3 is 0 Å². The lowest BCUT2D eigenvalue weighted by Crippen LogP contribution is -2.10. The third-order valence-electron chi connectivity index (χ3n) is 11.0. The van der Waals surface area contributed by atoms with E-state index in [0.29, 0.717) is 0 Å². The first-order valence-corrected chi connectivity index (χ1v) is 19.6. The summed E-state index contributed by atoms with van der Waals surface area (Å²) in [6.07, 6.45) is 0. The van der Waals surface area contributed by atoms with Crippen molar-refractivity contribution in [2.75, 3.05) is 4.90 Å². The van der Waals surface area contributed by atoms with Crippen LogP contribution >= 0.6 is 11.3 Å². The molecule has 0 atom stereocenters. The van der Waals surface area contributed by atoms with E-state index in [0.717, 1.165) is 17.1 Å². The van der Waals surface area contributed by atoms with Gasteiger partial charge in [0.05, 0.1) is 16.7 Å². The summed E-state index contributed by atoms with van der Waals surface area (Å²) in [6.45, 7) is 0. The Morgan fingerprint density at radius 1 is 0.400 bits per heavy atom. The molecule has 0 unspecified atom stereocenters. The normalized spacial score (nSPS) is 11.6. The maximum Gasteiger partial charge on any atom is 0.0619 e. The van der Waals surface area contributed by atoms with E-state index in [2.05, 4.69) is 216 Å². The van der Waals surface area contributed by atoms with Gasteiger partial charge in [-0.15, -0.1) is 11.3 Å². The Bertz CT molecular complexity index is 3190. The molecule has 2 heterocycles. The van der Waals surface area contributed by atoms with Gasteiger partial charge in [-0.3, -0.25) is 0 Å². The van der Waals surface area contributed by atoms with Crippen molar-refractivity contribution in [3.8, 4) is 27.9 Å². The van der Waals surface area contributed by atoms with Crippen molar-refractivity contribution < 1.29 is 0 Å². The van der Waals surface area contributed by atoms with Crippen molar-refractivity contribution in [2.24, 2.45) is 0 Å². The van der Waals surface area contributed by atoms with E-state index in [9.17, 15) is 0 Å². The van der Waals surface area contributed by atoms with E-state index in [1.807, 2.05) is 11.3 Å². The van der Waals surface area contributed by atoms with Crippen molar-refractivity contribution in [3.05, 3.63) is 206 Å². The number of hydrogen-bond acceptors (Lipinski definition) is 2. The Morgan fingerprint density at radius 3 is 1.84 bits per heavy atom.